The SMILES string of the molecule is CC12CCC(C(=O)NNC(=O)c3ccccc3)(C(=O)C1=O)C2(C)C. The Labute approximate surface area is 140 Å². The Morgan fingerprint density at radius 2 is 1.54 bits per heavy atom. The number of benzene rings is 1. The predicted molar refractivity (Wildman–Crippen MR) is 85.6 cm³/mol. The fourth-order valence-electron chi connectivity index (χ4n) is 4.15. The van der Waals surface area contributed by atoms with Crippen molar-refractivity contribution in [1.29, 1.82) is 0 Å². The highest BCUT2D eigenvalue weighted by atomic mass is 16.2. The Morgan fingerprint density at radius 3 is 2.08 bits per heavy atom. The molecular formula is C18H20N2O4. The van der Waals surface area contributed by atoms with Gasteiger partial charge in [-0.2, -0.15) is 0 Å². The molecule has 2 N–H and O–H groups in total. The van der Waals surface area contributed by atoms with Crippen LogP contribution in [0, 0.1) is 16.2 Å². The van der Waals surface area contributed by atoms with Crippen LogP contribution in [0.2, 0.25) is 0 Å². The molecule has 0 aromatic heterocycles. The van der Waals surface area contributed by atoms with Crippen LogP contribution in [0.5, 0.6) is 0 Å². The van der Waals surface area contributed by atoms with Crippen molar-refractivity contribution in [3.8, 4) is 0 Å². The highest BCUT2D eigenvalue weighted by Crippen LogP contribution is 2.68. The fraction of sp³-hybridized carbons (Fsp3) is 0.444. The van der Waals surface area contributed by atoms with Gasteiger partial charge in [-0.05, 0) is 30.4 Å². The number of ketones is 2. The molecule has 0 aliphatic heterocycles. The van der Waals surface area contributed by atoms with Crippen molar-refractivity contribution in [2.75, 3.05) is 0 Å². The molecule has 1 aromatic carbocycles. The maximum absolute atomic E-state index is 12.8. The van der Waals surface area contributed by atoms with E-state index in [4.69, 9.17) is 0 Å². The molecule has 2 unspecified atom stereocenters. The lowest BCUT2D eigenvalue weighted by molar-refractivity contribution is -0.149. The average molecular weight is 328 g/mol. The molecule has 6 nitrogen and oxygen atoms in total. The van der Waals surface area contributed by atoms with Crippen LogP contribution in [-0.2, 0) is 14.4 Å². The summed E-state index contributed by atoms with van der Waals surface area (Å²) in [5, 5.41) is 0. The highest BCUT2D eigenvalue weighted by molar-refractivity contribution is 6.48. The number of hydrazine groups is 1. The van der Waals surface area contributed by atoms with E-state index >= 15 is 0 Å². The lowest BCUT2D eigenvalue weighted by Crippen LogP contribution is -2.55. The molecule has 0 heterocycles. The molecule has 2 aliphatic carbocycles. The van der Waals surface area contributed by atoms with Gasteiger partial charge in [-0.1, -0.05) is 39.0 Å². The van der Waals surface area contributed by atoms with Gasteiger partial charge in [-0.25, -0.2) is 0 Å². The molecule has 0 spiro atoms. The number of fused-ring (bicyclic) bond motifs is 2. The summed E-state index contributed by atoms with van der Waals surface area (Å²) in [6, 6.07) is 8.42. The highest BCUT2D eigenvalue weighted by Gasteiger charge is 2.77. The standard InChI is InChI=1S/C18H20N2O4/c1-16(2)17(3)9-10-18(16,13(22)12(17)21)15(24)20-19-14(23)11-7-5-4-6-8-11/h4-8H,9-10H2,1-3H3,(H,19,23)(H,20,24). The van der Waals surface area contributed by atoms with Gasteiger partial charge in [0, 0.05) is 11.0 Å². The van der Waals surface area contributed by atoms with Gasteiger partial charge in [0.1, 0.15) is 5.41 Å². The van der Waals surface area contributed by atoms with Crippen molar-refractivity contribution >= 4 is 23.4 Å². The van der Waals surface area contributed by atoms with Gasteiger partial charge >= 0.3 is 0 Å². The van der Waals surface area contributed by atoms with Crippen molar-refractivity contribution in [2.24, 2.45) is 16.2 Å². The Kier molecular flexibility index (Phi) is 3.41. The summed E-state index contributed by atoms with van der Waals surface area (Å²) < 4.78 is 0. The van der Waals surface area contributed by atoms with E-state index in [-0.39, 0.29) is 0 Å². The number of carbonyl (C=O) groups is 4. The van der Waals surface area contributed by atoms with Gasteiger partial charge in [0.05, 0.1) is 0 Å². The molecule has 2 atom stereocenters. The van der Waals surface area contributed by atoms with Crippen LogP contribution in [0.3, 0.4) is 0 Å². The molecule has 2 amide bonds. The Balaban J connectivity index is 1.82. The van der Waals surface area contributed by atoms with Crippen LogP contribution in [0.15, 0.2) is 30.3 Å². The third-order valence-corrected chi connectivity index (χ3v) is 6.25. The summed E-state index contributed by atoms with van der Waals surface area (Å²) in [5.74, 6) is -2.22. The lowest BCUT2D eigenvalue weighted by atomic mass is 9.64. The molecular weight excluding hydrogens is 308 g/mol. The summed E-state index contributed by atoms with van der Waals surface area (Å²) >= 11 is 0. The Hall–Kier alpha value is -2.50. The zero-order valence-electron chi connectivity index (χ0n) is 13.9. The molecule has 6 heteroatoms. The third kappa shape index (κ3) is 1.76. The van der Waals surface area contributed by atoms with Crippen LogP contribution in [0.1, 0.15) is 44.0 Å². The number of carbonyl (C=O) groups excluding carboxylic acids is 4. The molecule has 0 saturated heterocycles. The second kappa shape index (κ2) is 5.00. The normalized spacial score (nSPS) is 30.3. The molecule has 1 aromatic rings. The minimum absolute atomic E-state index is 0.314. The third-order valence-electron chi connectivity index (χ3n) is 6.25. The van der Waals surface area contributed by atoms with Crippen molar-refractivity contribution in [3.63, 3.8) is 0 Å². The number of hydrogen-bond donors (Lipinski definition) is 2. The number of amides is 2. The fourth-order valence-corrected chi connectivity index (χ4v) is 4.15. The molecule has 2 aliphatic rings. The molecule has 2 bridgehead atoms. The average Bonchev–Trinajstić information content (AvgIpc) is 2.85. The van der Waals surface area contributed by atoms with Crippen LogP contribution in [-0.4, -0.2) is 23.4 Å². The van der Waals surface area contributed by atoms with E-state index in [1.165, 1.54) is 0 Å². The van der Waals surface area contributed by atoms with Gasteiger partial charge in [-0.15, -0.1) is 0 Å². The van der Waals surface area contributed by atoms with Crippen molar-refractivity contribution < 1.29 is 19.2 Å². The van der Waals surface area contributed by atoms with Gasteiger partial charge in [0.15, 0.2) is 0 Å². The van der Waals surface area contributed by atoms with E-state index in [9.17, 15) is 19.2 Å². The smallest absolute Gasteiger partial charge is 0.269 e. The zero-order valence-corrected chi connectivity index (χ0v) is 13.9. The topological polar surface area (TPSA) is 92.3 Å². The molecule has 3 rings (SSSR count). The van der Waals surface area contributed by atoms with Crippen molar-refractivity contribution in [2.45, 2.75) is 33.6 Å². The van der Waals surface area contributed by atoms with E-state index in [2.05, 4.69) is 10.9 Å². The predicted octanol–water partition coefficient (Wildman–Crippen LogP) is 1.41. The molecule has 126 valence electrons. The first-order valence-electron chi connectivity index (χ1n) is 7.93. The Morgan fingerprint density at radius 1 is 0.917 bits per heavy atom. The van der Waals surface area contributed by atoms with E-state index in [0.29, 0.717) is 18.4 Å². The van der Waals surface area contributed by atoms with Gasteiger partial charge in [-0.3, -0.25) is 30.0 Å². The second-order valence-corrected chi connectivity index (χ2v) is 7.29. The summed E-state index contributed by atoms with van der Waals surface area (Å²) in [6.07, 6.45) is 0.804. The summed E-state index contributed by atoms with van der Waals surface area (Å²) in [4.78, 5) is 49.7. The number of hydrogen-bond acceptors (Lipinski definition) is 4. The van der Waals surface area contributed by atoms with Gasteiger partial charge in [0.2, 0.25) is 11.6 Å². The molecule has 2 saturated carbocycles. The van der Waals surface area contributed by atoms with Crippen LogP contribution in [0.4, 0.5) is 0 Å². The summed E-state index contributed by atoms with van der Waals surface area (Å²) in [6.45, 7) is 5.31. The zero-order chi connectivity index (χ0) is 17.8. The minimum atomic E-state index is -1.41. The molecule has 2 fully saturated rings. The second-order valence-electron chi connectivity index (χ2n) is 7.29. The van der Waals surface area contributed by atoms with E-state index in [0.717, 1.165) is 0 Å². The van der Waals surface area contributed by atoms with Gasteiger partial charge in [0.25, 0.3) is 11.8 Å². The van der Waals surface area contributed by atoms with Crippen molar-refractivity contribution in [1.82, 2.24) is 10.9 Å². The van der Waals surface area contributed by atoms with E-state index in [1.54, 1.807) is 51.1 Å². The monoisotopic (exact) mass is 328 g/mol. The number of Topliss-reactive ketones (excluding diaryl/α,β-unsaturated/α-hetero) is 2. The molecule has 0 radical (unpaired) electrons. The van der Waals surface area contributed by atoms with E-state index < -0.39 is 39.6 Å². The number of rotatable bonds is 2. The number of nitrogens with one attached hydrogen (secondary N) is 2. The first-order chi connectivity index (χ1) is 11.2. The summed E-state index contributed by atoms with van der Waals surface area (Å²) in [5.41, 5.74) is 2.04. The van der Waals surface area contributed by atoms with Crippen LogP contribution in [0.25, 0.3) is 0 Å². The first kappa shape index (κ1) is 16.4. The quantitative estimate of drug-likeness (QED) is 0.488. The first-order valence-corrected chi connectivity index (χ1v) is 7.93. The van der Waals surface area contributed by atoms with E-state index in [1.807, 2.05) is 0 Å². The maximum atomic E-state index is 12.8. The van der Waals surface area contributed by atoms with Crippen LogP contribution >= 0.6 is 0 Å². The van der Waals surface area contributed by atoms with Crippen molar-refractivity contribution in [3.05, 3.63) is 35.9 Å². The lowest BCUT2D eigenvalue weighted by Gasteiger charge is -2.36. The van der Waals surface area contributed by atoms with Gasteiger partial charge < -0.3 is 0 Å². The summed E-state index contributed by atoms with van der Waals surface area (Å²) in [7, 11) is 0. The molecule has 24 heavy (non-hydrogen) atoms. The van der Waals surface area contributed by atoms with Crippen LogP contribution < -0.4 is 10.9 Å². The minimum Gasteiger partial charge on any atom is -0.290 e. The largest absolute Gasteiger partial charge is 0.290 e. The maximum Gasteiger partial charge on any atom is 0.269 e. The Bertz CT molecular complexity index is 756.